The topological polar surface area (TPSA) is 18.5 Å². The monoisotopic (exact) mass is 239 g/mol. The van der Waals surface area contributed by atoms with E-state index in [1.807, 2.05) is 0 Å². The van der Waals surface area contributed by atoms with Gasteiger partial charge in [0.1, 0.15) is 0 Å². The second kappa shape index (κ2) is 6.72. The van der Waals surface area contributed by atoms with Crippen LogP contribution in [0.25, 0.3) is 0 Å². The SMILES string of the molecule is CCNC1CCCN(CC2CCN(CC)C2)C1. The summed E-state index contributed by atoms with van der Waals surface area (Å²) < 4.78 is 0. The molecule has 1 N–H and O–H groups in total. The predicted molar refractivity (Wildman–Crippen MR) is 73.4 cm³/mol. The van der Waals surface area contributed by atoms with Crippen LogP contribution in [0.3, 0.4) is 0 Å². The first-order valence-corrected chi connectivity index (χ1v) is 7.50. The van der Waals surface area contributed by atoms with Gasteiger partial charge in [0.05, 0.1) is 0 Å². The number of likely N-dealkylation sites (N-methyl/N-ethyl adjacent to an activating group) is 1. The highest BCUT2D eigenvalue weighted by Crippen LogP contribution is 2.19. The first-order chi connectivity index (χ1) is 8.31. The zero-order valence-electron chi connectivity index (χ0n) is 11.6. The number of hydrogen-bond donors (Lipinski definition) is 1. The molecule has 3 heteroatoms. The summed E-state index contributed by atoms with van der Waals surface area (Å²) in [5.41, 5.74) is 0. The number of nitrogens with one attached hydrogen (secondary N) is 1. The first-order valence-electron chi connectivity index (χ1n) is 7.50. The molecule has 0 saturated carbocycles. The van der Waals surface area contributed by atoms with Crippen LogP contribution in [0.1, 0.15) is 33.1 Å². The second-order valence-corrected chi connectivity index (χ2v) is 5.70. The highest BCUT2D eigenvalue weighted by molar-refractivity contribution is 4.82. The van der Waals surface area contributed by atoms with Crippen LogP contribution in [-0.2, 0) is 0 Å². The van der Waals surface area contributed by atoms with E-state index in [0.29, 0.717) is 0 Å². The van der Waals surface area contributed by atoms with Crippen LogP contribution in [0.5, 0.6) is 0 Å². The van der Waals surface area contributed by atoms with Crippen molar-refractivity contribution in [2.45, 2.75) is 39.2 Å². The molecule has 0 aromatic carbocycles. The molecule has 17 heavy (non-hydrogen) atoms. The van der Waals surface area contributed by atoms with E-state index in [1.54, 1.807) is 0 Å². The van der Waals surface area contributed by atoms with Gasteiger partial charge in [-0.3, -0.25) is 0 Å². The molecule has 3 nitrogen and oxygen atoms in total. The Morgan fingerprint density at radius 1 is 1.06 bits per heavy atom. The molecule has 0 amide bonds. The number of likely N-dealkylation sites (tertiary alicyclic amines) is 2. The third kappa shape index (κ3) is 3.94. The van der Waals surface area contributed by atoms with Crippen LogP contribution in [0.15, 0.2) is 0 Å². The molecule has 0 aliphatic carbocycles. The fourth-order valence-electron chi connectivity index (χ4n) is 3.39. The van der Waals surface area contributed by atoms with E-state index in [0.717, 1.165) is 18.5 Å². The van der Waals surface area contributed by atoms with Crippen molar-refractivity contribution in [3.05, 3.63) is 0 Å². The smallest absolute Gasteiger partial charge is 0.0195 e. The summed E-state index contributed by atoms with van der Waals surface area (Å²) in [5, 5.41) is 3.61. The van der Waals surface area contributed by atoms with E-state index in [2.05, 4.69) is 29.0 Å². The van der Waals surface area contributed by atoms with Gasteiger partial charge in [-0.05, 0) is 51.4 Å². The van der Waals surface area contributed by atoms with E-state index in [4.69, 9.17) is 0 Å². The van der Waals surface area contributed by atoms with Crippen molar-refractivity contribution in [1.82, 2.24) is 15.1 Å². The van der Waals surface area contributed by atoms with Crippen LogP contribution < -0.4 is 5.32 Å². The molecular formula is C14H29N3. The van der Waals surface area contributed by atoms with Crippen LogP contribution in [-0.4, -0.2) is 61.7 Å². The van der Waals surface area contributed by atoms with Crippen molar-refractivity contribution in [3.63, 3.8) is 0 Å². The number of hydrogen-bond acceptors (Lipinski definition) is 3. The minimum Gasteiger partial charge on any atom is -0.313 e. The zero-order chi connectivity index (χ0) is 12.1. The predicted octanol–water partition coefficient (Wildman–Crippen LogP) is 1.40. The Morgan fingerprint density at radius 3 is 2.65 bits per heavy atom. The summed E-state index contributed by atoms with van der Waals surface area (Å²) in [6, 6.07) is 0.748. The minimum atomic E-state index is 0.748. The van der Waals surface area contributed by atoms with Crippen LogP contribution in [0.4, 0.5) is 0 Å². The lowest BCUT2D eigenvalue weighted by Crippen LogP contribution is -2.47. The summed E-state index contributed by atoms with van der Waals surface area (Å²) in [5.74, 6) is 0.926. The van der Waals surface area contributed by atoms with Crippen molar-refractivity contribution >= 4 is 0 Å². The Balaban J connectivity index is 1.71. The van der Waals surface area contributed by atoms with E-state index < -0.39 is 0 Å². The molecule has 0 spiro atoms. The third-order valence-electron chi connectivity index (χ3n) is 4.33. The lowest BCUT2D eigenvalue weighted by atomic mass is 10.0. The van der Waals surface area contributed by atoms with Gasteiger partial charge < -0.3 is 15.1 Å². The lowest BCUT2D eigenvalue weighted by Gasteiger charge is -2.34. The summed E-state index contributed by atoms with van der Waals surface area (Å²) in [6.45, 7) is 13.4. The molecule has 2 saturated heterocycles. The van der Waals surface area contributed by atoms with Crippen molar-refractivity contribution in [1.29, 1.82) is 0 Å². The molecule has 2 unspecified atom stereocenters. The summed E-state index contributed by atoms with van der Waals surface area (Å²) in [7, 11) is 0. The van der Waals surface area contributed by atoms with Crippen LogP contribution in [0.2, 0.25) is 0 Å². The van der Waals surface area contributed by atoms with Crippen molar-refractivity contribution in [2.24, 2.45) is 5.92 Å². The highest BCUT2D eigenvalue weighted by Gasteiger charge is 2.26. The van der Waals surface area contributed by atoms with Gasteiger partial charge >= 0.3 is 0 Å². The number of nitrogens with zero attached hydrogens (tertiary/aromatic N) is 2. The largest absolute Gasteiger partial charge is 0.313 e. The fourth-order valence-corrected chi connectivity index (χ4v) is 3.39. The average molecular weight is 239 g/mol. The second-order valence-electron chi connectivity index (χ2n) is 5.70. The van der Waals surface area contributed by atoms with Gasteiger partial charge in [0.2, 0.25) is 0 Å². The Kier molecular flexibility index (Phi) is 5.26. The van der Waals surface area contributed by atoms with E-state index >= 15 is 0 Å². The molecule has 2 aliphatic rings. The third-order valence-corrected chi connectivity index (χ3v) is 4.33. The quantitative estimate of drug-likeness (QED) is 0.782. The molecule has 100 valence electrons. The van der Waals surface area contributed by atoms with Crippen LogP contribution in [0, 0.1) is 5.92 Å². The van der Waals surface area contributed by atoms with Crippen molar-refractivity contribution in [2.75, 3.05) is 45.8 Å². The van der Waals surface area contributed by atoms with Gasteiger partial charge in [-0.2, -0.15) is 0 Å². The van der Waals surface area contributed by atoms with Crippen molar-refractivity contribution < 1.29 is 0 Å². The van der Waals surface area contributed by atoms with Gasteiger partial charge in [0.15, 0.2) is 0 Å². The number of rotatable bonds is 5. The van der Waals surface area contributed by atoms with Gasteiger partial charge in [-0.1, -0.05) is 13.8 Å². The standard InChI is InChI=1S/C14H29N3/c1-3-15-14-6-5-8-17(12-14)11-13-7-9-16(4-2)10-13/h13-15H,3-12H2,1-2H3. The van der Waals surface area contributed by atoms with Gasteiger partial charge in [-0.25, -0.2) is 0 Å². The van der Waals surface area contributed by atoms with Gasteiger partial charge in [-0.15, -0.1) is 0 Å². The van der Waals surface area contributed by atoms with Crippen molar-refractivity contribution in [3.8, 4) is 0 Å². The lowest BCUT2D eigenvalue weighted by molar-refractivity contribution is 0.166. The molecule has 0 aromatic rings. The molecular weight excluding hydrogens is 210 g/mol. The molecule has 2 rings (SSSR count). The molecule has 2 atom stereocenters. The van der Waals surface area contributed by atoms with E-state index in [9.17, 15) is 0 Å². The molecule has 2 fully saturated rings. The summed E-state index contributed by atoms with van der Waals surface area (Å²) in [6.07, 6.45) is 4.16. The molecule has 0 bridgehead atoms. The minimum absolute atomic E-state index is 0.748. The zero-order valence-corrected chi connectivity index (χ0v) is 11.6. The molecule has 0 aromatic heterocycles. The van der Waals surface area contributed by atoms with Gasteiger partial charge in [0, 0.05) is 25.7 Å². The van der Waals surface area contributed by atoms with Gasteiger partial charge in [0.25, 0.3) is 0 Å². The Morgan fingerprint density at radius 2 is 1.94 bits per heavy atom. The Hall–Kier alpha value is -0.120. The number of piperidine rings is 1. The maximum absolute atomic E-state index is 3.61. The first kappa shape index (κ1) is 13.3. The summed E-state index contributed by atoms with van der Waals surface area (Å²) in [4.78, 5) is 5.29. The molecule has 2 aliphatic heterocycles. The Labute approximate surface area is 107 Å². The van der Waals surface area contributed by atoms with E-state index in [-0.39, 0.29) is 0 Å². The average Bonchev–Trinajstić information content (AvgIpc) is 2.78. The fraction of sp³-hybridized carbons (Fsp3) is 1.00. The maximum Gasteiger partial charge on any atom is 0.0195 e. The Bertz CT molecular complexity index is 218. The summed E-state index contributed by atoms with van der Waals surface area (Å²) >= 11 is 0. The van der Waals surface area contributed by atoms with Crippen LogP contribution >= 0.6 is 0 Å². The highest BCUT2D eigenvalue weighted by atomic mass is 15.2. The maximum atomic E-state index is 3.61. The molecule has 0 radical (unpaired) electrons. The molecule has 2 heterocycles. The normalized spacial score (nSPS) is 32.1. The van der Waals surface area contributed by atoms with E-state index in [1.165, 1.54) is 58.5 Å².